The van der Waals surface area contributed by atoms with Crippen molar-refractivity contribution in [1.29, 1.82) is 0 Å². The largest absolute Gasteiger partial charge is 0.493 e. The van der Waals surface area contributed by atoms with E-state index >= 15 is 0 Å². The molecule has 146 valence electrons. The number of hydrogen-bond acceptors (Lipinski definition) is 3. The van der Waals surface area contributed by atoms with Crippen molar-refractivity contribution in [3.05, 3.63) is 65.2 Å². The quantitative estimate of drug-likeness (QED) is 0.830. The summed E-state index contributed by atoms with van der Waals surface area (Å²) in [4.78, 5) is 24.2. The van der Waals surface area contributed by atoms with Gasteiger partial charge in [0.2, 0.25) is 5.91 Å². The molecule has 3 atom stereocenters. The molecule has 1 aliphatic heterocycles. The van der Waals surface area contributed by atoms with E-state index in [-0.39, 0.29) is 17.9 Å². The van der Waals surface area contributed by atoms with E-state index in [1.807, 2.05) is 42.5 Å². The Bertz CT molecular complexity index is 864. The number of amides is 1. The number of aryl methyl sites for hydroxylation is 1. The molecule has 4 rings (SSSR count). The van der Waals surface area contributed by atoms with Gasteiger partial charge in [-0.2, -0.15) is 0 Å². The van der Waals surface area contributed by atoms with E-state index in [1.54, 1.807) is 0 Å². The molecule has 0 spiro atoms. The normalized spacial score (nSPS) is 22.0. The molecule has 2 N–H and O–H groups in total. The number of carboxylic acids is 1. The number of fused-ring (bicyclic) bond motifs is 1. The van der Waals surface area contributed by atoms with Crippen molar-refractivity contribution >= 4 is 11.9 Å². The summed E-state index contributed by atoms with van der Waals surface area (Å²) >= 11 is 0. The predicted octanol–water partition coefficient (Wildman–Crippen LogP) is 3.72. The Kier molecular flexibility index (Phi) is 5.33. The third-order valence-corrected chi connectivity index (χ3v) is 5.84. The van der Waals surface area contributed by atoms with Crippen molar-refractivity contribution < 1.29 is 19.4 Å². The average Bonchev–Trinajstić information content (AvgIpc) is 3.23. The number of nitrogens with one attached hydrogen (secondary N) is 1. The average molecular weight is 379 g/mol. The molecule has 1 unspecified atom stereocenters. The topological polar surface area (TPSA) is 75.6 Å². The molecule has 1 fully saturated rings. The van der Waals surface area contributed by atoms with E-state index in [4.69, 9.17) is 4.74 Å². The number of rotatable bonds is 5. The van der Waals surface area contributed by atoms with E-state index in [0.717, 1.165) is 36.3 Å². The fourth-order valence-corrected chi connectivity index (χ4v) is 4.27. The first-order valence-corrected chi connectivity index (χ1v) is 9.95. The van der Waals surface area contributed by atoms with Crippen LogP contribution >= 0.6 is 0 Å². The highest BCUT2D eigenvalue weighted by Gasteiger charge is 2.35. The van der Waals surface area contributed by atoms with Crippen LogP contribution in [0.1, 0.15) is 48.4 Å². The van der Waals surface area contributed by atoms with Gasteiger partial charge >= 0.3 is 5.97 Å². The molecule has 1 heterocycles. The summed E-state index contributed by atoms with van der Waals surface area (Å²) in [6, 6.07) is 15.8. The Balaban J connectivity index is 1.58. The number of aliphatic carboxylic acids is 1. The molecule has 0 aromatic heterocycles. The van der Waals surface area contributed by atoms with Crippen molar-refractivity contribution in [3.63, 3.8) is 0 Å². The number of carbonyl (C=O) groups excluding carboxylic acids is 1. The first-order chi connectivity index (χ1) is 13.6. The summed E-state index contributed by atoms with van der Waals surface area (Å²) in [5.41, 5.74) is 3.21. The van der Waals surface area contributed by atoms with Gasteiger partial charge in [0, 0.05) is 5.92 Å². The number of benzene rings is 2. The van der Waals surface area contributed by atoms with Gasteiger partial charge in [0.05, 0.1) is 18.6 Å². The third kappa shape index (κ3) is 3.88. The first kappa shape index (κ1) is 18.5. The number of hydrogen-bond donors (Lipinski definition) is 2. The van der Waals surface area contributed by atoms with Crippen molar-refractivity contribution in [2.75, 3.05) is 6.61 Å². The summed E-state index contributed by atoms with van der Waals surface area (Å²) < 4.78 is 5.72. The maximum absolute atomic E-state index is 12.9. The standard InChI is InChI=1S/C23H25NO4/c25-22(18-8-9-19(14-18)23(26)27)24-21(15-5-2-1-3-6-15)17-10-11-20-16(13-17)7-4-12-28-20/h1-3,5-6,10-11,13,18-19,21H,4,7-9,12,14H2,(H,24,25)(H,26,27)/t18-,19+,21?/m0/s1. The Morgan fingerprint density at radius 2 is 1.82 bits per heavy atom. The predicted molar refractivity (Wildman–Crippen MR) is 105 cm³/mol. The Labute approximate surface area is 164 Å². The van der Waals surface area contributed by atoms with Crippen LogP contribution < -0.4 is 10.1 Å². The van der Waals surface area contributed by atoms with Crippen LogP contribution in [-0.4, -0.2) is 23.6 Å². The zero-order valence-electron chi connectivity index (χ0n) is 15.8. The molecule has 1 amide bonds. The lowest BCUT2D eigenvalue weighted by Crippen LogP contribution is -2.34. The van der Waals surface area contributed by atoms with Crippen LogP contribution in [0.4, 0.5) is 0 Å². The lowest BCUT2D eigenvalue weighted by atomic mass is 9.94. The van der Waals surface area contributed by atoms with E-state index in [2.05, 4.69) is 11.4 Å². The minimum Gasteiger partial charge on any atom is -0.493 e. The van der Waals surface area contributed by atoms with Gasteiger partial charge in [0.15, 0.2) is 0 Å². The second-order valence-corrected chi connectivity index (χ2v) is 7.72. The van der Waals surface area contributed by atoms with Gasteiger partial charge in [-0.15, -0.1) is 0 Å². The van der Waals surface area contributed by atoms with Crippen molar-refractivity contribution in [3.8, 4) is 5.75 Å². The summed E-state index contributed by atoms with van der Waals surface area (Å²) in [6.07, 6.45) is 3.58. The van der Waals surface area contributed by atoms with Crippen LogP contribution in [-0.2, 0) is 16.0 Å². The highest BCUT2D eigenvalue weighted by molar-refractivity contribution is 5.81. The van der Waals surface area contributed by atoms with Gasteiger partial charge in [-0.3, -0.25) is 9.59 Å². The number of carbonyl (C=O) groups is 2. The van der Waals surface area contributed by atoms with Gasteiger partial charge in [-0.1, -0.05) is 36.4 Å². The molecule has 1 aliphatic carbocycles. The SMILES string of the molecule is O=C(O)[C@@H]1CC[C@H](C(=O)NC(c2ccccc2)c2ccc3c(c2)CCCO3)C1. The maximum atomic E-state index is 12.9. The van der Waals surface area contributed by atoms with E-state index in [9.17, 15) is 14.7 Å². The molecule has 2 aromatic rings. The third-order valence-electron chi connectivity index (χ3n) is 5.84. The van der Waals surface area contributed by atoms with Crippen LogP contribution in [0.3, 0.4) is 0 Å². The summed E-state index contributed by atoms with van der Waals surface area (Å²) in [5, 5.41) is 12.4. The van der Waals surface area contributed by atoms with Gasteiger partial charge in [0.1, 0.15) is 5.75 Å². The molecule has 0 radical (unpaired) electrons. The zero-order chi connectivity index (χ0) is 19.5. The minimum absolute atomic E-state index is 0.0634. The molecular formula is C23H25NO4. The molecule has 5 heteroatoms. The minimum atomic E-state index is -0.801. The Morgan fingerprint density at radius 1 is 1.04 bits per heavy atom. The van der Waals surface area contributed by atoms with E-state index in [1.165, 1.54) is 5.56 Å². The molecule has 0 bridgehead atoms. The van der Waals surface area contributed by atoms with Crippen LogP contribution in [0.25, 0.3) is 0 Å². The van der Waals surface area contributed by atoms with Crippen LogP contribution in [0.5, 0.6) is 5.75 Å². The van der Waals surface area contributed by atoms with Crippen molar-refractivity contribution in [1.82, 2.24) is 5.32 Å². The fraction of sp³-hybridized carbons (Fsp3) is 0.391. The smallest absolute Gasteiger partial charge is 0.306 e. The van der Waals surface area contributed by atoms with E-state index < -0.39 is 11.9 Å². The van der Waals surface area contributed by atoms with Crippen LogP contribution in [0.2, 0.25) is 0 Å². The summed E-state index contributed by atoms with van der Waals surface area (Å²) in [5.74, 6) is -0.593. The van der Waals surface area contributed by atoms with Crippen LogP contribution in [0.15, 0.2) is 48.5 Å². The summed E-state index contributed by atoms with van der Waals surface area (Å²) in [7, 11) is 0. The second kappa shape index (κ2) is 8.05. The lowest BCUT2D eigenvalue weighted by Gasteiger charge is -2.24. The summed E-state index contributed by atoms with van der Waals surface area (Å²) in [6.45, 7) is 0.748. The monoisotopic (exact) mass is 379 g/mol. The molecular weight excluding hydrogens is 354 g/mol. The van der Waals surface area contributed by atoms with Gasteiger partial charge in [-0.25, -0.2) is 0 Å². The van der Waals surface area contributed by atoms with Gasteiger partial charge in [-0.05, 0) is 60.9 Å². The molecule has 2 aromatic carbocycles. The Morgan fingerprint density at radius 3 is 2.57 bits per heavy atom. The fourth-order valence-electron chi connectivity index (χ4n) is 4.27. The van der Waals surface area contributed by atoms with Gasteiger partial charge < -0.3 is 15.2 Å². The zero-order valence-corrected chi connectivity index (χ0v) is 15.8. The van der Waals surface area contributed by atoms with Crippen LogP contribution in [0, 0.1) is 11.8 Å². The van der Waals surface area contributed by atoms with Crippen molar-refractivity contribution in [2.24, 2.45) is 11.8 Å². The lowest BCUT2D eigenvalue weighted by molar-refractivity contribution is -0.141. The van der Waals surface area contributed by atoms with Crippen molar-refractivity contribution in [2.45, 2.75) is 38.1 Å². The highest BCUT2D eigenvalue weighted by atomic mass is 16.5. The molecule has 28 heavy (non-hydrogen) atoms. The highest BCUT2D eigenvalue weighted by Crippen LogP contribution is 2.34. The number of carboxylic acid groups (broad SMARTS) is 1. The van der Waals surface area contributed by atoms with Gasteiger partial charge in [0.25, 0.3) is 0 Å². The second-order valence-electron chi connectivity index (χ2n) is 7.72. The Hall–Kier alpha value is -2.82. The molecule has 5 nitrogen and oxygen atoms in total. The maximum Gasteiger partial charge on any atom is 0.306 e. The molecule has 2 aliphatic rings. The first-order valence-electron chi connectivity index (χ1n) is 9.95. The molecule has 0 saturated heterocycles. The number of ether oxygens (including phenoxy) is 1. The van der Waals surface area contributed by atoms with E-state index in [0.29, 0.717) is 19.3 Å². The molecule has 1 saturated carbocycles.